The maximum atomic E-state index is 11.6. The molecule has 2 N–H and O–H groups in total. The zero-order chi connectivity index (χ0) is 15.3. The van der Waals surface area contributed by atoms with Crippen molar-refractivity contribution in [1.29, 1.82) is 0 Å². The molecule has 2 rings (SSSR count). The summed E-state index contributed by atoms with van der Waals surface area (Å²) in [4.78, 5) is 0. The predicted octanol–water partition coefficient (Wildman–Crippen LogP) is 1.36. The number of hydrogen-bond acceptors (Lipinski definition) is 5. The molecule has 21 heavy (non-hydrogen) atoms. The van der Waals surface area contributed by atoms with E-state index in [2.05, 4.69) is 21.2 Å². The fourth-order valence-corrected chi connectivity index (χ4v) is 4.48. The van der Waals surface area contributed by atoms with Crippen LogP contribution in [0.25, 0.3) is 0 Å². The van der Waals surface area contributed by atoms with Crippen molar-refractivity contribution in [2.75, 3.05) is 25.4 Å². The van der Waals surface area contributed by atoms with E-state index in [0.717, 1.165) is 10.9 Å². The van der Waals surface area contributed by atoms with Crippen molar-refractivity contribution in [3.63, 3.8) is 0 Å². The number of ether oxygens (including phenoxy) is 1. The number of nitrogens with one attached hydrogen (secondary N) is 1. The average molecular weight is 378 g/mol. The van der Waals surface area contributed by atoms with Gasteiger partial charge in [0.2, 0.25) is 0 Å². The summed E-state index contributed by atoms with van der Waals surface area (Å²) in [7, 11) is -2.93. The van der Waals surface area contributed by atoms with E-state index in [-0.39, 0.29) is 17.6 Å². The van der Waals surface area contributed by atoms with E-state index >= 15 is 0 Å². The Hall–Kier alpha value is -0.630. The molecule has 5 nitrogen and oxygen atoms in total. The Bertz CT molecular complexity index is 564. The summed E-state index contributed by atoms with van der Waals surface area (Å²) in [6.07, 6.45) is 0.775. The van der Waals surface area contributed by atoms with Crippen LogP contribution in [-0.2, 0) is 9.84 Å². The molecular formula is C14H20BrNO4S. The molecule has 0 spiro atoms. The van der Waals surface area contributed by atoms with E-state index in [0.29, 0.717) is 25.3 Å². The molecular weight excluding hydrogens is 358 g/mol. The fourth-order valence-electron chi connectivity index (χ4n) is 2.31. The summed E-state index contributed by atoms with van der Waals surface area (Å²) in [6.45, 7) is 0.886. The molecule has 1 fully saturated rings. The monoisotopic (exact) mass is 377 g/mol. The lowest BCUT2D eigenvalue weighted by molar-refractivity contribution is 0.106. The average Bonchev–Trinajstić information content (AvgIpc) is 2.76. The first-order valence-corrected chi connectivity index (χ1v) is 9.47. The molecule has 118 valence electrons. The summed E-state index contributed by atoms with van der Waals surface area (Å²) in [5, 5.41) is 12.5. The second-order valence-corrected chi connectivity index (χ2v) is 8.53. The first-order chi connectivity index (χ1) is 9.97. The minimum absolute atomic E-state index is 0.168. The third kappa shape index (κ3) is 5.25. The van der Waals surface area contributed by atoms with Crippen LogP contribution >= 0.6 is 15.9 Å². The number of sulfone groups is 1. The maximum absolute atomic E-state index is 11.6. The Morgan fingerprint density at radius 1 is 1.48 bits per heavy atom. The van der Waals surface area contributed by atoms with Gasteiger partial charge in [0.1, 0.15) is 18.5 Å². The molecule has 1 aliphatic rings. The first kappa shape index (κ1) is 16.7. The van der Waals surface area contributed by atoms with Crippen molar-refractivity contribution in [2.45, 2.75) is 24.2 Å². The molecule has 1 aromatic carbocycles. The third-order valence-corrected chi connectivity index (χ3v) is 6.22. The molecule has 0 saturated carbocycles. The van der Waals surface area contributed by atoms with Crippen LogP contribution in [0.15, 0.2) is 28.7 Å². The SMILES string of the molecule is O=S1(=O)CCCC1CNCC(O)COc1cccc(Br)c1. The number of benzene rings is 1. The van der Waals surface area contributed by atoms with Gasteiger partial charge >= 0.3 is 0 Å². The fraction of sp³-hybridized carbons (Fsp3) is 0.571. The summed E-state index contributed by atoms with van der Waals surface area (Å²) in [5.41, 5.74) is 0. The van der Waals surface area contributed by atoms with E-state index in [1.165, 1.54) is 0 Å². The number of aliphatic hydroxyl groups is 1. The number of halogens is 1. The van der Waals surface area contributed by atoms with Gasteiger partial charge in [-0.2, -0.15) is 0 Å². The van der Waals surface area contributed by atoms with Crippen molar-refractivity contribution in [1.82, 2.24) is 5.32 Å². The van der Waals surface area contributed by atoms with Crippen molar-refractivity contribution in [3.8, 4) is 5.75 Å². The lowest BCUT2D eigenvalue weighted by Crippen LogP contribution is -2.37. The molecule has 0 aliphatic carbocycles. The van der Waals surface area contributed by atoms with E-state index in [1.807, 2.05) is 24.3 Å². The second kappa shape index (κ2) is 7.58. The van der Waals surface area contributed by atoms with E-state index in [4.69, 9.17) is 4.74 Å². The Morgan fingerprint density at radius 2 is 2.29 bits per heavy atom. The van der Waals surface area contributed by atoms with Crippen LogP contribution in [-0.4, -0.2) is 50.3 Å². The Labute approximate surface area is 133 Å². The van der Waals surface area contributed by atoms with Crippen LogP contribution in [0.3, 0.4) is 0 Å². The summed E-state index contributed by atoms with van der Waals surface area (Å²) >= 11 is 3.35. The third-order valence-electron chi connectivity index (χ3n) is 3.45. The van der Waals surface area contributed by atoms with Crippen LogP contribution in [0, 0.1) is 0 Å². The van der Waals surface area contributed by atoms with Crippen molar-refractivity contribution in [2.24, 2.45) is 0 Å². The standard InChI is InChI=1S/C14H20BrNO4S/c15-11-3-1-4-13(7-11)20-10-12(17)8-16-9-14-5-2-6-21(14,18)19/h1,3-4,7,12,14,16-17H,2,5-6,8-10H2. The van der Waals surface area contributed by atoms with Gasteiger partial charge in [0.05, 0.1) is 11.0 Å². The van der Waals surface area contributed by atoms with Gasteiger partial charge in [-0.05, 0) is 31.0 Å². The van der Waals surface area contributed by atoms with Crippen LogP contribution in [0.2, 0.25) is 0 Å². The van der Waals surface area contributed by atoms with Gasteiger partial charge in [0.25, 0.3) is 0 Å². The topological polar surface area (TPSA) is 75.6 Å². The summed E-state index contributed by atoms with van der Waals surface area (Å²) < 4.78 is 29.7. The van der Waals surface area contributed by atoms with Crippen molar-refractivity contribution >= 4 is 25.8 Å². The lowest BCUT2D eigenvalue weighted by Gasteiger charge is -2.15. The second-order valence-electron chi connectivity index (χ2n) is 5.21. The van der Waals surface area contributed by atoms with Gasteiger partial charge in [-0.3, -0.25) is 0 Å². The highest BCUT2D eigenvalue weighted by atomic mass is 79.9. The highest BCUT2D eigenvalue weighted by Gasteiger charge is 2.30. The molecule has 0 bridgehead atoms. The minimum Gasteiger partial charge on any atom is -0.491 e. The molecule has 1 aliphatic heterocycles. The van der Waals surface area contributed by atoms with Gasteiger partial charge in [0, 0.05) is 17.6 Å². The molecule has 1 heterocycles. The van der Waals surface area contributed by atoms with Crippen molar-refractivity contribution in [3.05, 3.63) is 28.7 Å². The largest absolute Gasteiger partial charge is 0.491 e. The van der Waals surface area contributed by atoms with Gasteiger partial charge < -0.3 is 15.2 Å². The van der Waals surface area contributed by atoms with Gasteiger partial charge in [-0.15, -0.1) is 0 Å². The molecule has 7 heteroatoms. The molecule has 0 amide bonds. The molecule has 1 aromatic rings. The molecule has 2 atom stereocenters. The Morgan fingerprint density at radius 3 is 2.95 bits per heavy atom. The Kier molecular flexibility index (Phi) is 6.04. The molecule has 0 radical (unpaired) electrons. The smallest absolute Gasteiger partial charge is 0.154 e. The van der Waals surface area contributed by atoms with Crippen LogP contribution in [0.5, 0.6) is 5.75 Å². The van der Waals surface area contributed by atoms with Crippen LogP contribution < -0.4 is 10.1 Å². The maximum Gasteiger partial charge on any atom is 0.154 e. The normalized spacial score (nSPS) is 22.1. The zero-order valence-electron chi connectivity index (χ0n) is 11.7. The van der Waals surface area contributed by atoms with Gasteiger partial charge in [-0.25, -0.2) is 8.42 Å². The molecule has 2 unspecified atom stereocenters. The van der Waals surface area contributed by atoms with E-state index < -0.39 is 15.9 Å². The van der Waals surface area contributed by atoms with E-state index in [9.17, 15) is 13.5 Å². The van der Waals surface area contributed by atoms with Crippen LogP contribution in [0.4, 0.5) is 0 Å². The number of hydrogen-bond donors (Lipinski definition) is 2. The van der Waals surface area contributed by atoms with Crippen molar-refractivity contribution < 1.29 is 18.3 Å². The van der Waals surface area contributed by atoms with E-state index in [1.54, 1.807) is 0 Å². The van der Waals surface area contributed by atoms with Crippen LogP contribution in [0.1, 0.15) is 12.8 Å². The zero-order valence-corrected chi connectivity index (χ0v) is 14.1. The number of rotatable bonds is 7. The molecule has 0 aromatic heterocycles. The predicted molar refractivity (Wildman–Crippen MR) is 85.3 cm³/mol. The van der Waals surface area contributed by atoms with Gasteiger partial charge in [0.15, 0.2) is 9.84 Å². The first-order valence-electron chi connectivity index (χ1n) is 6.96. The Balaban J connectivity index is 1.67. The summed E-state index contributed by atoms with van der Waals surface area (Å²) in [5.74, 6) is 0.968. The molecule has 1 saturated heterocycles. The van der Waals surface area contributed by atoms with Gasteiger partial charge in [-0.1, -0.05) is 22.0 Å². The lowest BCUT2D eigenvalue weighted by atomic mass is 10.2. The summed E-state index contributed by atoms with van der Waals surface area (Å²) in [6, 6.07) is 7.39. The highest BCUT2D eigenvalue weighted by molar-refractivity contribution is 9.10. The number of aliphatic hydroxyl groups excluding tert-OH is 1. The quantitative estimate of drug-likeness (QED) is 0.749. The minimum atomic E-state index is -2.93. The highest BCUT2D eigenvalue weighted by Crippen LogP contribution is 2.19.